The Kier molecular flexibility index (Phi) is 6.96. The van der Waals surface area contributed by atoms with E-state index in [9.17, 15) is 4.39 Å². The first-order valence-corrected chi connectivity index (χ1v) is 7.34. The summed E-state index contributed by atoms with van der Waals surface area (Å²) >= 11 is 0. The van der Waals surface area contributed by atoms with Crippen LogP contribution in [0.1, 0.15) is 38.8 Å². The quantitative estimate of drug-likeness (QED) is 0.795. The Morgan fingerprint density at radius 2 is 2.05 bits per heavy atom. The third-order valence-corrected chi connectivity index (χ3v) is 3.87. The number of nitrogens with zero attached hydrogens (tertiary/aromatic N) is 1. The predicted octanol–water partition coefficient (Wildman–Crippen LogP) is 3.20. The maximum absolute atomic E-state index is 13.9. The highest BCUT2D eigenvalue weighted by Crippen LogP contribution is 2.26. The zero-order valence-electron chi connectivity index (χ0n) is 13.0. The molecule has 0 spiro atoms. The number of nitrogens with two attached hydrogens (primary N) is 1. The Bertz CT molecular complexity index is 411. The Morgan fingerprint density at radius 1 is 1.35 bits per heavy atom. The highest BCUT2D eigenvalue weighted by Gasteiger charge is 2.20. The molecule has 0 fully saturated rings. The largest absolute Gasteiger partial charge is 0.494 e. The van der Waals surface area contributed by atoms with Crippen molar-refractivity contribution in [3.8, 4) is 5.75 Å². The molecular formula is C16H27FN2O. The van der Waals surface area contributed by atoms with Crippen molar-refractivity contribution in [1.82, 2.24) is 4.90 Å². The standard InChI is InChI=1S/C16H27FN2O/c1-5-12(3)11-19(6-2)15(10-18)13-7-8-16(20-4)14(17)9-13/h7-9,12,15H,5-6,10-11,18H2,1-4H3. The van der Waals surface area contributed by atoms with Crippen molar-refractivity contribution in [3.63, 3.8) is 0 Å². The molecule has 3 nitrogen and oxygen atoms in total. The highest BCUT2D eigenvalue weighted by molar-refractivity contribution is 5.31. The SMILES string of the molecule is CCC(C)CN(CC)C(CN)c1ccc(OC)c(F)c1. The van der Waals surface area contributed by atoms with Crippen LogP contribution in [0.5, 0.6) is 5.75 Å². The van der Waals surface area contributed by atoms with Crippen LogP contribution in [-0.2, 0) is 0 Å². The van der Waals surface area contributed by atoms with Gasteiger partial charge in [-0.3, -0.25) is 4.90 Å². The fourth-order valence-electron chi connectivity index (χ4n) is 2.39. The van der Waals surface area contributed by atoms with E-state index in [-0.39, 0.29) is 17.6 Å². The molecule has 2 N–H and O–H groups in total. The number of hydrogen-bond donors (Lipinski definition) is 1. The van der Waals surface area contributed by atoms with Crippen LogP contribution in [0.3, 0.4) is 0 Å². The molecule has 1 rings (SSSR count). The molecule has 0 heterocycles. The molecule has 2 unspecified atom stereocenters. The summed E-state index contributed by atoms with van der Waals surface area (Å²) in [5.74, 6) is 0.546. The van der Waals surface area contributed by atoms with Crippen LogP contribution >= 0.6 is 0 Å². The van der Waals surface area contributed by atoms with Crippen LogP contribution in [-0.4, -0.2) is 31.6 Å². The average Bonchev–Trinajstić information content (AvgIpc) is 2.46. The van der Waals surface area contributed by atoms with Crippen LogP contribution in [0, 0.1) is 11.7 Å². The van der Waals surface area contributed by atoms with Gasteiger partial charge in [0.1, 0.15) is 0 Å². The van der Waals surface area contributed by atoms with Crippen LogP contribution in [0.15, 0.2) is 18.2 Å². The summed E-state index contributed by atoms with van der Waals surface area (Å²) in [5.41, 5.74) is 6.84. The van der Waals surface area contributed by atoms with Gasteiger partial charge in [0.15, 0.2) is 11.6 Å². The second-order valence-corrected chi connectivity index (χ2v) is 5.25. The van der Waals surface area contributed by atoms with E-state index >= 15 is 0 Å². The molecule has 4 heteroatoms. The Morgan fingerprint density at radius 3 is 2.50 bits per heavy atom. The van der Waals surface area contributed by atoms with Crippen molar-refractivity contribution in [1.29, 1.82) is 0 Å². The molecule has 0 aliphatic carbocycles. The molecule has 0 saturated heterocycles. The lowest BCUT2D eigenvalue weighted by molar-refractivity contribution is 0.182. The van der Waals surface area contributed by atoms with Crippen molar-refractivity contribution in [2.45, 2.75) is 33.2 Å². The minimum Gasteiger partial charge on any atom is -0.494 e. The summed E-state index contributed by atoms with van der Waals surface area (Å²) in [4.78, 5) is 2.31. The predicted molar refractivity (Wildman–Crippen MR) is 81.4 cm³/mol. The van der Waals surface area contributed by atoms with E-state index in [1.807, 2.05) is 6.07 Å². The van der Waals surface area contributed by atoms with Crippen molar-refractivity contribution >= 4 is 0 Å². The van der Waals surface area contributed by atoms with Gasteiger partial charge in [-0.2, -0.15) is 0 Å². The number of ether oxygens (including phenoxy) is 1. The number of halogens is 1. The Hall–Kier alpha value is -1.13. The Balaban J connectivity index is 2.95. The fourth-order valence-corrected chi connectivity index (χ4v) is 2.39. The van der Waals surface area contributed by atoms with Gasteiger partial charge in [0.2, 0.25) is 0 Å². The van der Waals surface area contributed by atoms with Gasteiger partial charge >= 0.3 is 0 Å². The molecular weight excluding hydrogens is 255 g/mol. The molecule has 0 radical (unpaired) electrons. The molecule has 0 aromatic heterocycles. The summed E-state index contributed by atoms with van der Waals surface area (Å²) in [7, 11) is 1.47. The van der Waals surface area contributed by atoms with Gasteiger partial charge < -0.3 is 10.5 Å². The molecule has 0 aliphatic heterocycles. The van der Waals surface area contributed by atoms with Crippen LogP contribution in [0.2, 0.25) is 0 Å². The molecule has 0 aliphatic rings. The normalized spacial score (nSPS) is 14.3. The average molecular weight is 282 g/mol. The van der Waals surface area contributed by atoms with Gasteiger partial charge in [-0.05, 0) is 30.2 Å². The van der Waals surface area contributed by atoms with E-state index < -0.39 is 0 Å². The molecule has 1 aromatic carbocycles. The molecule has 0 amide bonds. The van der Waals surface area contributed by atoms with Crippen molar-refractivity contribution in [2.75, 3.05) is 26.7 Å². The summed E-state index contributed by atoms with van der Waals surface area (Å²) in [6.45, 7) is 8.89. The zero-order chi connectivity index (χ0) is 15.1. The first-order valence-electron chi connectivity index (χ1n) is 7.34. The molecule has 0 saturated carbocycles. The van der Waals surface area contributed by atoms with Gasteiger partial charge in [0, 0.05) is 19.1 Å². The van der Waals surface area contributed by atoms with Gasteiger partial charge in [0.25, 0.3) is 0 Å². The summed E-state index contributed by atoms with van der Waals surface area (Å²) in [6, 6.07) is 5.16. The lowest BCUT2D eigenvalue weighted by Crippen LogP contribution is -2.36. The maximum atomic E-state index is 13.9. The lowest BCUT2D eigenvalue weighted by atomic mass is 10.0. The zero-order valence-corrected chi connectivity index (χ0v) is 13.0. The summed E-state index contributed by atoms with van der Waals surface area (Å²) in [6.07, 6.45) is 1.13. The van der Waals surface area contributed by atoms with E-state index in [2.05, 4.69) is 25.7 Å². The number of likely N-dealkylation sites (N-methyl/N-ethyl adjacent to an activating group) is 1. The van der Waals surface area contributed by atoms with E-state index in [0.29, 0.717) is 12.5 Å². The number of benzene rings is 1. The van der Waals surface area contributed by atoms with E-state index in [1.165, 1.54) is 13.2 Å². The molecule has 2 atom stereocenters. The number of rotatable bonds is 8. The van der Waals surface area contributed by atoms with Gasteiger partial charge in [-0.15, -0.1) is 0 Å². The third kappa shape index (κ3) is 4.18. The smallest absolute Gasteiger partial charge is 0.165 e. The summed E-state index contributed by atoms with van der Waals surface area (Å²) < 4.78 is 18.8. The topological polar surface area (TPSA) is 38.5 Å². The van der Waals surface area contributed by atoms with E-state index in [4.69, 9.17) is 10.5 Å². The minimum atomic E-state index is -0.331. The van der Waals surface area contributed by atoms with Crippen molar-refractivity contribution < 1.29 is 9.13 Å². The van der Waals surface area contributed by atoms with Crippen molar-refractivity contribution in [3.05, 3.63) is 29.6 Å². The molecule has 0 bridgehead atoms. The second kappa shape index (κ2) is 8.22. The van der Waals surface area contributed by atoms with Gasteiger partial charge in [-0.25, -0.2) is 4.39 Å². The van der Waals surface area contributed by atoms with Crippen molar-refractivity contribution in [2.24, 2.45) is 11.7 Å². The lowest BCUT2D eigenvalue weighted by Gasteiger charge is -2.32. The van der Waals surface area contributed by atoms with Gasteiger partial charge in [-0.1, -0.05) is 33.3 Å². The second-order valence-electron chi connectivity index (χ2n) is 5.25. The third-order valence-electron chi connectivity index (χ3n) is 3.87. The first-order chi connectivity index (χ1) is 9.57. The maximum Gasteiger partial charge on any atom is 0.165 e. The van der Waals surface area contributed by atoms with Crippen LogP contribution in [0.4, 0.5) is 4.39 Å². The highest BCUT2D eigenvalue weighted by atomic mass is 19.1. The molecule has 114 valence electrons. The van der Waals surface area contributed by atoms with Crippen LogP contribution in [0.25, 0.3) is 0 Å². The Labute approximate surface area is 121 Å². The molecule has 1 aromatic rings. The number of hydrogen-bond acceptors (Lipinski definition) is 3. The minimum absolute atomic E-state index is 0.0504. The fraction of sp³-hybridized carbons (Fsp3) is 0.625. The van der Waals surface area contributed by atoms with E-state index in [0.717, 1.165) is 25.1 Å². The number of methoxy groups -OCH3 is 1. The first kappa shape index (κ1) is 16.9. The van der Waals surface area contributed by atoms with Crippen LogP contribution < -0.4 is 10.5 Å². The van der Waals surface area contributed by atoms with Gasteiger partial charge in [0.05, 0.1) is 7.11 Å². The monoisotopic (exact) mass is 282 g/mol. The van der Waals surface area contributed by atoms with E-state index in [1.54, 1.807) is 6.07 Å². The summed E-state index contributed by atoms with van der Waals surface area (Å²) in [5, 5.41) is 0. The molecule has 20 heavy (non-hydrogen) atoms.